The molecule has 0 aromatic heterocycles. The van der Waals surface area contributed by atoms with Gasteiger partial charge >= 0.3 is 0 Å². The van der Waals surface area contributed by atoms with Crippen LogP contribution in [0.1, 0.15) is 18.1 Å². The highest BCUT2D eigenvalue weighted by atomic mass is 35.5. The molecule has 0 fully saturated rings. The number of hydrogen-bond donors (Lipinski definition) is 4. The van der Waals surface area contributed by atoms with Crippen LogP contribution in [0, 0.1) is 0 Å². The molecule has 17 heavy (non-hydrogen) atoms. The van der Waals surface area contributed by atoms with Crippen LogP contribution in [0.4, 0.5) is 5.69 Å². The van der Waals surface area contributed by atoms with Gasteiger partial charge in [-0.05, 0) is 25.1 Å². The van der Waals surface area contributed by atoms with Crippen LogP contribution >= 0.6 is 11.6 Å². The maximum Gasteiger partial charge on any atom is 0.142 e. The van der Waals surface area contributed by atoms with Gasteiger partial charge in [-0.3, -0.25) is 0 Å². The van der Waals surface area contributed by atoms with E-state index in [1.54, 1.807) is 0 Å². The predicted molar refractivity (Wildman–Crippen MR) is 67.1 cm³/mol. The first-order chi connectivity index (χ1) is 8.01. The summed E-state index contributed by atoms with van der Waals surface area (Å²) in [6.07, 6.45) is -1.80. The highest BCUT2D eigenvalue weighted by Gasteiger charge is 2.21. The van der Waals surface area contributed by atoms with E-state index in [9.17, 15) is 10.2 Å². The fourth-order valence-corrected chi connectivity index (χ4v) is 1.81. The van der Waals surface area contributed by atoms with Gasteiger partial charge in [0, 0.05) is 10.6 Å². The molecule has 2 unspecified atom stereocenters. The molecular weight excluding hydrogens is 244 g/mol. The van der Waals surface area contributed by atoms with Crippen LogP contribution in [-0.4, -0.2) is 30.0 Å². The summed E-state index contributed by atoms with van der Waals surface area (Å²) in [7, 11) is 1.46. The highest BCUT2D eigenvalue weighted by molar-refractivity contribution is 6.31. The molecule has 0 radical (unpaired) electrons. The minimum absolute atomic E-state index is 0.280. The number of rotatable bonds is 5. The van der Waals surface area contributed by atoms with Gasteiger partial charge in [0.05, 0.1) is 18.9 Å². The Morgan fingerprint density at radius 2 is 2.06 bits per heavy atom. The average molecular weight is 261 g/mol. The van der Waals surface area contributed by atoms with Crippen LogP contribution < -0.4 is 16.2 Å². The van der Waals surface area contributed by atoms with E-state index < -0.39 is 12.2 Å². The summed E-state index contributed by atoms with van der Waals surface area (Å²) < 4.78 is 5.03. The van der Waals surface area contributed by atoms with Crippen molar-refractivity contribution in [1.29, 1.82) is 0 Å². The predicted octanol–water partition coefficient (Wildman–Crippen LogP) is 0.674. The summed E-state index contributed by atoms with van der Waals surface area (Å²) >= 11 is 5.96. The second-order valence-electron chi connectivity index (χ2n) is 3.71. The SMILES string of the molecule is COc1cc(C(O)C(O)CCN)c(Cl)cc1N. The number of hydrogen-bond acceptors (Lipinski definition) is 5. The molecule has 0 heterocycles. The van der Waals surface area contributed by atoms with E-state index in [1.165, 1.54) is 19.2 Å². The molecule has 5 nitrogen and oxygen atoms in total. The Morgan fingerprint density at radius 1 is 1.41 bits per heavy atom. The van der Waals surface area contributed by atoms with E-state index in [2.05, 4.69) is 0 Å². The molecule has 0 bridgehead atoms. The Labute approximate surface area is 105 Å². The number of methoxy groups -OCH3 is 1. The van der Waals surface area contributed by atoms with Crippen molar-refractivity contribution in [2.45, 2.75) is 18.6 Å². The molecular formula is C11H17ClN2O3. The fraction of sp³-hybridized carbons (Fsp3) is 0.455. The summed E-state index contributed by atoms with van der Waals surface area (Å²) in [6.45, 7) is 0.280. The first kappa shape index (κ1) is 14.1. The van der Waals surface area contributed by atoms with Gasteiger partial charge in [0.15, 0.2) is 0 Å². The Hall–Kier alpha value is -1.01. The topological polar surface area (TPSA) is 102 Å². The molecule has 1 rings (SSSR count). The quantitative estimate of drug-likeness (QED) is 0.583. The summed E-state index contributed by atoms with van der Waals surface area (Å²) in [5.41, 5.74) is 11.7. The van der Waals surface area contributed by atoms with Crippen molar-refractivity contribution in [1.82, 2.24) is 0 Å². The summed E-state index contributed by atoms with van der Waals surface area (Å²) in [4.78, 5) is 0. The minimum atomic E-state index is -1.11. The number of ether oxygens (including phenoxy) is 1. The molecule has 0 saturated carbocycles. The Kier molecular flexibility index (Phi) is 5.02. The molecule has 2 atom stereocenters. The second-order valence-corrected chi connectivity index (χ2v) is 4.11. The van der Waals surface area contributed by atoms with E-state index in [1.807, 2.05) is 0 Å². The Morgan fingerprint density at radius 3 is 2.59 bits per heavy atom. The monoisotopic (exact) mass is 260 g/mol. The van der Waals surface area contributed by atoms with Gasteiger partial charge in [0.25, 0.3) is 0 Å². The van der Waals surface area contributed by atoms with Crippen molar-refractivity contribution < 1.29 is 14.9 Å². The lowest BCUT2D eigenvalue weighted by atomic mass is 10.0. The smallest absolute Gasteiger partial charge is 0.142 e. The third-order valence-electron chi connectivity index (χ3n) is 2.49. The van der Waals surface area contributed by atoms with Crippen molar-refractivity contribution >= 4 is 17.3 Å². The van der Waals surface area contributed by atoms with Crippen LogP contribution in [0.2, 0.25) is 5.02 Å². The molecule has 6 heteroatoms. The highest BCUT2D eigenvalue weighted by Crippen LogP contribution is 2.34. The summed E-state index contributed by atoms with van der Waals surface area (Å²) in [5.74, 6) is 0.406. The molecule has 0 spiro atoms. The molecule has 0 aliphatic carbocycles. The largest absolute Gasteiger partial charge is 0.495 e. The first-order valence-corrected chi connectivity index (χ1v) is 5.58. The molecule has 0 amide bonds. The van der Waals surface area contributed by atoms with E-state index >= 15 is 0 Å². The number of aliphatic hydroxyl groups is 2. The standard InChI is InChI=1S/C11H17ClN2O3/c1-17-10-4-6(7(12)5-8(10)14)11(16)9(15)2-3-13/h4-5,9,11,15-16H,2-3,13-14H2,1H3. The maximum absolute atomic E-state index is 9.93. The first-order valence-electron chi connectivity index (χ1n) is 5.20. The zero-order chi connectivity index (χ0) is 13.0. The van der Waals surface area contributed by atoms with Crippen LogP contribution in [0.25, 0.3) is 0 Å². The number of benzene rings is 1. The number of nitrogen functional groups attached to an aromatic ring is 1. The fourth-order valence-electron chi connectivity index (χ4n) is 1.52. The third kappa shape index (κ3) is 3.23. The van der Waals surface area contributed by atoms with Gasteiger partial charge in [-0.1, -0.05) is 11.6 Å². The van der Waals surface area contributed by atoms with Gasteiger partial charge in [-0.15, -0.1) is 0 Å². The number of anilines is 1. The van der Waals surface area contributed by atoms with Gasteiger partial charge in [0.1, 0.15) is 11.9 Å². The molecule has 0 saturated heterocycles. The number of halogens is 1. The van der Waals surface area contributed by atoms with Crippen molar-refractivity contribution in [3.8, 4) is 5.75 Å². The molecule has 0 aliphatic heterocycles. The zero-order valence-corrected chi connectivity index (χ0v) is 10.3. The van der Waals surface area contributed by atoms with E-state index in [4.69, 9.17) is 27.8 Å². The lowest BCUT2D eigenvalue weighted by molar-refractivity contribution is 0.0150. The van der Waals surface area contributed by atoms with Crippen molar-refractivity contribution in [2.24, 2.45) is 5.73 Å². The van der Waals surface area contributed by atoms with Crippen LogP contribution in [0.3, 0.4) is 0 Å². The van der Waals surface area contributed by atoms with Crippen LogP contribution in [0.15, 0.2) is 12.1 Å². The van der Waals surface area contributed by atoms with E-state index in [0.717, 1.165) is 0 Å². The number of aliphatic hydroxyl groups excluding tert-OH is 2. The van der Waals surface area contributed by atoms with Gasteiger partial charge < -0.3 is 26.4 Å². The third-order valence-corrected chi connectivity index (χ3v) is 2.82. The van der Waals surface area contributed by atoms with E-state index in [-0.39, 0.29) is 18.0 Å². The van der Waals surface area contributed by atoms with Crippen molar-refractivity contribution in [2.75, 3.05) is 19.4 Å². The Balaban J connectivity index is 3.04. The molecule has 1 aromatic rings. The van der Waals surface area contributed by atoms with E-state index in [0.29, 0.717) is 17.0 Å². The lowest BCUT2D eigenvalue weighted by Gasteiger charge is -2.19. The average Bonchev–Trinajstić information content (AvgIpc) is 2.29. The Bertz CT molecular complexity index is 387. The van der Waals surface area contributed by atoms with Crippen LogP contribution in [0.5, 0.6) is 5.75 Å². The lowest BCUT2D eigenvalue weighted by Crippen LogP contribution is -2.22. The second kappa shape index (κ2) is 6.07. The molecule has 1 aromatic carbocycles. The van der Waals surface area contributed by atoms with Gasteiger partial charge in [-0.2, -0.15) is 0 Å². The van der Waals surface area contributed by atoms with Gasteiger partial charge in [0.2, 0.25) is 0 Å². The van der Waals surface area contributed by atoms with Gasteiger partial charge in [-0.25, -0.2) is 0 Å². The molecule has 6 N–H and O–H groups in total. The number of nitrogens with two attached hydrogens (primary N) is 2. The van der Waals surface area contributed by atoms with Crippen molar-refractivity contribution in [3.05, 3.63) is 22.7 Å². The molecule has 0 aliphatic rings. The summed E-state index contributed by atoms with van der Waals surface area (Å²) in [5, 5.41) is 19.9. The summed E-state index contributed by atoms with van der Waals surface area (Å²) in [6, 6.07) is 3.00. The maximum atomic E-state index is 9.93. The molecule has 96 valence electrons. The van der Waals surface area contributed by atoms with Crippen molar-refractivity contribution in [3.63, 3.8) is 0 Å². The minimum Gasteiger partial charge on any atom is -0.495 e. The van der Waals surface area contributed by atoms with Crippen LogP contribution in [-0.2, 0) is 0 Å². The zero-order valence-electron chi connectivity index (χ0n) is 9.56. The normalized spacial score (nSPS) is 14.4.